The van der Waals surface area contributed by atoms with Gasteiger partial charge in [-0.15, -0.1) is 0 Å². The maximum absolute atomic E-state index is 14.2. The highest BCUT2D eigenvalue weighted by Crippen LogP contribution is 2.22. The first-order valence-electron chi connectivity index (χ1n) is 8.17. The van der Waals surface area contributed by atoms with Gasteiger partial charge in [-0.2, -0.15) is 4.31 Å². The quantitative estimate of drug-likeness (QED) is 0.705. The van der Waals surface area contributed by atoms with Gasteiger partial charge in [0.15, 0.2) is 0 Å². The van der Waals surface area contributed by atoms with Crippen LogP contribution in [0.4, 0.5) is 4.39 Å². The Kier molecular flexibility index (Phi) is 6.11. The van der Waals surface area contributed by atoms with Crippen molar-refractivity contribution in [2.75, 3.05) is 26.3 Å². The largest absolute Gasteiger partial charge is 0.457 e. The molecule has 1 heterocycles. The van der Waals surface area contributed by atoms with Gasteiger partial charge in [-0.25, -0.2) is 17.6 Å². The number of sulfonamides is 1. The maximum atomic E-state index is 14.2. The van der Waals surface area contributed by atoms with E-state index < -0.39 is 26.7 Å². The minimum Gasteiger partial charge on any atom is -0.457 e. The van der Waals surface area contributed by atoms with Crippen LogP contribution < -0.4 is 0 Å². The van der Waals surface area contributed by atoms with Crippen LogP contribution in [0.1, 0.15) is 15.9 Å². The second kappa shape index (κ2) is 8.35. The topological polar surface area (TPSA) is 72.9 Å². The molecule has 0 unspecified atom stereocenters. The van der Waals surface area contributed by atoms with Crippen molar-refractivity contribution in [1.29, 1.82) is 0 Å². The van der Waals surface area contributed by atoms with Gasteiger partial charge in [0.2, 0.25) is 10.0 Å². The van der Waals surface area contributed by atoms with Crippen molar-refractivity contribution >= 4 is 27.6 Å². The van der Waals surface area contributed by atoms with Crippen LogP contribution in [-0.2, 0) is 26.1 Å². The second-order valence-corrected chi connectivity index (χ2v) is 8.21. The zero-order valence-electron chi connectivity index (χ0n) is 14.2. The molecule has 0 bridgehead atoms. The van der Waals surface area contributed by atoms with E-state index in [0.29, 0.717) is 5.02 Å². The highest BCUT2D eigenvalue weighted by atomic mass is 35.5. The van der Waals surface area contributed by atoms with Crippen molar-refractivity contribution in [2.24, 2.45) is 0 Å². The Morgan fingerprint density at radius 3 is 2.48 bits per heavy atom. The number of carbonyl (C=O) groups is 1. The van der Waals surface area contributed by atoms with E-state index in [4.69, 9.17) is 21.1 Å². The fourth-order valence-electron chi connectivity index (χ4n) is 2.57. The summed E-state index contributed by atoms with van der Waals surface area (Å²) in [6.45, 7) is 0.728. The number of halogens is 2. The SMILES string of the molecule is O=C(OCc1ccc(Cl)cc1)c1ccc(F)c(S(=O)(=O)N2CCOCC2)c1. The zero-order chi connectivity index (χ0) is 19.4. The predicted molar refractivity (Wildman–Crippen MR) is 96.5 cm³/mol. The molecule has 3 rings (SSSR count). The van der Waals surface area contributed by atoms with Gasteiger partial charge in [0.1, 0.15) is 17.3 Å². The van der Waals surface area contributed by atoms with Crippen molar-refractivity contribution in [2.45, 2.75) is 11.5 Å². The molecule has 6 nitrogen and oxygen atoms in total. The third kappa shape index (κ3) is 4.65. The van der Waals surface area contributed by atoms with Gasteiger partial charge >= 0.3 is 5.97 Å². The lowest BCUT2D eigenvalue weighted by atomic mass is 10.2. The highest BCUT2D eigenvalue weighted by molar-refractivity contribution is 7.89. The molecule has 1 aliphatic heterocycles. The molecular weight excluding hydrogens is 397 g/mol. The van der Waals surface area contributed by atoms with E-state index in [9.17, 15) is 17.6 Å². The summed E-state index contributed by atoms with van der Waals surface area (Å²) in [5, 5.41) is 0.557. The fraction of sp³-hybridized carbons (Fsp3) is 0.278. The van der Waals surface area contributed by atoms with E-state index in [1.54, 1.807) is 24.3 Å². The zero-order valence-corrected chi connectivity index (χ0v) is 15.8. The number of esters is 1. The van der Waals surface area contributed by atoms with Crippen LogP contribution in [0.2, 0.25) is 5.02 Å². The molecule has 0 saturated carbocycles. The third-order valence-corrected chi connectivity index (χ3v) is 6.20. The number of benzene rings is 2. The van der Waals surface area contributed by atoms with E-state index >= 15 is 0 Å². The van der Waals surface area contributed by atoms with Gasteiger partial charge in [0.05, 0.1) is 18.8 Å². The number of rotatable bonds is 5. The highest BCUT2D eigenvalue weighted by Gasteiger charge is 2.30. The smallest absolute Gasteiger partial charge is 0.338 e. The van der Waals surface area contributed by atoms with Crippen LogP contribution in [0.3, 0.4) is 0 Å². The Hall–Kier alpha value is -2.00. The monoisotopic (exact) mass is 413 g/mol. The minimum absolute atomic E-state index is 0.0150. The number of morpholine rings is 1. The summed E-state index contributed by atoms with van der Waals surface area (Å²) in [6, 6.07) is 9.88. The first-order chi connectivity index (χ1) is 12.9. The molecular formula is C18H17ClFNO5S. The molecule has 1 saturated heterocycles. The molecule has 2 aromatic rings. The molecule has 9 heteroatoms. The molecule has 1 fully saturated rings. The Morgan fingerprint density at radius 1 is 1.15 bits per heavy atom. The first-order valence-corrected chi connectivity index (χ1v) is 9.99. The maximum Gasteiger partial charge on any atom is 0.338 e. The van der Waals surface area contributed by atoms with Gasteiger partial charge in [-0.1, -0.05) is 23.7 Å². The van der Waals surface area contributed by atoms with E-state index in [-0.39, 0.29) is 38.5 Å². The Morgan fingerprint density at radius 2 is 1.81 bits per heavy atom. The van der Waals surface area contributed by atoms with E-state index in [0.717, 1.165) is 22.0 Å². The molecule has 0 N–H and O–H groups in total. The molecule has 0 aromatic heterocycles. The van der Waals surface area contributed by atoms with Gasteiger partial charge in [-0.05, 0) is 35.9 Å². The van der Waals surface area contributed by atoms with Gasteiger partial charge in [0.25, 0.3) is 0 Å². The van der Waals surface area contributed by atoms with Gasteiger partial charge < -0.3 is 9.47 Å². The van der Waals surface area contributed by atoms with Crippen molar-refractivity contribution in [3.63, 3.8) is 0 Å². The van der Waals surface area contributed by atoms with E-state index in [1.165, 1.54) is 6.07 Å². The average molecular weight is 414 g/mol. The van der Waals surface area contributed by atoms with Crippen molar-refractivity contribution in [3.8, 4) is 0 Å². The minimum atomic E-state index is -4.06. The summed E-state index contributed by atoms with van der Waals surface area (Å²) >= 11 is 5.80. The van der Waals surface area contributed by atoms with E-state index in [1.807, 2.05) is 0 Å². The Bertz CT molecular complexity index is 927. The van der Waals surface area contributed by atoms with Crippen molar-refractivity contribution < 1.29 is 27.1 Å². The van der Waals surface area contributed by atoms with Crippen molar-refractivity contribution in [1.82, 2.24) is 4.31 Å². The molecule has 0 aliphatic carbocycles. The number of nitrogens with zero attached hydrogens (tertiary/aromatic N) is 1. The number of hydrogen-bond donors (Lipinski definition) is 0. The lowest BCUT2D eigenvalue weighted by Crippen LogP contribution is -2.41. The molecule has 2 aromatic carbocycles. The second-order valence-electron chi connectivity index (χ2n) is 5.86. The van der Waals surface area contributed by atoms with E-state index in [2.05, 4.69) is 0 Å². The molecule has 0 atom stereocenters. The summed E-state index contributed by atoms with van der Waals surface area (Å²) in [4.78, 5) is 11.7. The summed E-state index contributed by atoms with van der Waals surface area (Å²) in [7, 11) is -4.06. The van der Waals surface area contributed by atoms with Gasteiger partial charge in [0, 0.05) is 18.1 Å². The Labute approximate surface area is 161 Å². The third-order valence-electron chi connectivity index (χ3n) is 4.04. The molecule has 0 radical (unpaired) electrons. The summed E-state index contributed by atoms with van der Waals surface area (Å²) in [5.74, 6) is -1.67. The standard InChI is InChI=1S/C18H17ClFNO5S/c19-15-4-1-13(2-5-15)12-26-18(22)14-3-6-16(20)17(11-14)27(23,24)21-7-9-25-10-8-21/h1-6,11H,7-10,12H2. The predicted octanol–water partition coefficient (Wildman–Crippen LogP) is 2.86. The van der Waals surface area contributed by atoms with Crippen LogP contribution >= 0.6 is 11.6 Å². The van der Waals surface area contributed by atoms with Crippen molar-refractivity contribution in [3.05, 3.63) is 64.4 Å². The van der Waals surface area contributed by atoms with Crippen LogP contribution in [0.25, 0.3) is 0 Å². The average Bonchev–Trinajstić information content (AvgIpc) is 2.68. The van der Waals surface area contributed by atoms with Crippen LogP contribution in [0.5, 0.6) is 0 Å². The number of carbonyl (C=O) groups excluding carboxylic acids is 1. The van der Waals surface area contributed by atoms with Crippen LogP contribution in [-0.4, -0.2) is 45.0 Å². The molecule has 0 amide bonds. The normalized spacial score (nSPS) is 15.5. The van der Waals surface area contributed by atoms with Crippen LogP contribution in [0, 0.1) is 5.82 Å². The molecule has 27 heavy (non-hydrogen) atoms. The molecule has 0 spiro atoms. The molecule has 144 valence electrons. The first kappa shape index (κ1) is 19.8. The number of hydrogen-bond acceptors (Lipinski definition) is 5. The Balaban J connectivity index is 1.77. The lowest BCUT2D eigenvalue weighted by Gasteiger charge is -2.26. The number of ether oxygens (including phenoxy) is 2. The summed E-state index contributed by atoms with van der Waals surface area (Å²) in [5.41, 5.74) is 0.674. The van der Waals surface area contributed by atoms with Crippen LogP contribution in [0.15, 0.2) is 47.4 Å². The van der Waals surface area contributed by atoms with Gasteiger partial charge in [-0.3, -0.25) is 0 Å². The summed E-state index contributed by atoms with van der Waals surface area (Å²) in [6.07, 6.45) is 0. The lowest BCUT2D eigenvalue weighted by molar-refractivity contribution is 0.0472. The molecule has 1 aliphatic rings. The summed E-state index contributed by atoms with van der Waals surface area (Å²) < 4.78 is 50.9. The fourth-order valence-corrected chi connectivity index (χ4v) is 4.19.